The molecule has 2 aromatic rings. The van der Waals surface area contributed by atoms with Crippen LogP contribution in [0.25, 0.3) is 0 Å². The molecule has 0 bridgehead atoms. The average Bonchev–Trinajstić information content (AvgIpc) is 2.53. The first-order valence-corrected chi connectivity index (χ1v) is 7.87. The van der Waals surface area contributed by atoms with Gasteiger partial charge in [-0.05, 0) is 36.2 Å². The van der Waals surface area contributed by atoms with Crippen LogP contribution < -0.4 is 5.73 Å². The monoisotopic (exact) mass is 318 g/mol. The molecule has 1 aromatic carbocycles. The number of nitrogens with two attached hydrogens (primary N) is 1. The third-order valence-corrected chi connectivity index (χ3v) is 4.49. The summed E-state index contributed by atoms with van der Waals surface area (Å²) in [6.07, 6.45) is 2.47. The molecule has 0 saturated heterocycles. The number of rotatable bonds is 3. The topological polar surface area (TPSA) is 72.1 Å². The molecular weight excluding hydrogens is 303 g/mol. The van der Waals surface area contributed by atoms with Gasteiger partial charge in [0, 0.05) is 17.6 Å². The molecule has 7 heteroatoms. The van der Waals surface area contributed by atoms with E-state index >= 15 is 0 Å². The number of aromatic nitrogens is 2. The van der Waals surface area contributed by atoms with E-state index < -0.39 is 0 Å². The molecule has 2 heterocycles. The smallest absolute Gasteiger partial charge is 0.233 e. The number of anilines is 1. The van der Waals surface area contributed by atoms with E-state index in [4.69, 9.17) is 5.73 Å². The number of nitrogen functional groups attached to an aromatic ring is 1. The fraction of sp³-hybridized carbons (Fsp3) is 0.267. The van der Waals surface area contributed by atoms with Crippen LogP contribution in [0.5, 0.6) is 0 Å². The summed E-state index contributed by atoms with van der Waals surface area (Å²) in [5.74, 6) is 0.313. The highest BCUT2D eigenvalue weighted by Gasteiger charge is 2.22. The van der Waals surface area contributed by atoms with Crippen molar-refractivity contribution >= 4 is 23.6 Å². The minimum Gasteiger partial charge on any atom is -0.368 e. The van der Waals surface area contributed by atoms with Gasteiger partial charge in [-0.15, -0.1) is 11.8 Å². The molecule has 5 nitrogen and oxygen atoms in total. The lowest BCUT2D eigenvalue weighted by Gasteiger charge is -2.27. The van der Waals surface area contributed by atoms with E-state index in [1.54, 1.807) is 23.2 Å². The second kappa shape index (κ2) is 6.31. The van der Waals surface area contributed by atoms with Gasteiger partial charge < -0.3 is 10.6 Å². The van der Waals surface area contributed by atoms with Gasteiger partial charge in [-0.2, -0.15) is 0 Å². The fourth-order valence-corrected chi connectivity index (χ4v) is 3.10. The Labute approximate surface area is 131 Å². The van der Waals surface area contributed by atoms with Crippen LogP contribution in [0.4, 0.5) is 10.3 Å². The molecule has 1 aliphatic rings. The molecule has 0 atom stereocenters. The summed E-state index contributed by atoms with van der Waals surface area (Å²) in [6.45, 7) is 1.12. The molecule has 2 N–H and O–H groups in total. The quantitative estimate of drug-likeness (QED) is 0.875. The summed E-state index contributed by atoms with van der Waals surface area (Å²) in [4.78, 5) is 23.1. The Balaban J connectivity index is 1.60. The number of halogens is 1. The lowest BCUT2D eigenvalue weighted by molar-refractivity contribution is -0.129. The third-order valence-electron chi connectivity index (χ3n) is 3.49. The largest absolute Gasteiger partial charge is 0.368 e. The maximum absolute atomic E-state index is 12.8. The minimum atomic E-state index is -0.277. The van der Waals surface area contributed by atoms with Crippen LogP contribution in [0.1, 0.15) is 11.3 Å². The molecule has 0 saturated carbocycles. The Kier molecular flexibility index (Phi) is 4.24. The normalized spacial score (nSPS) is 13.8. The van der Waals surface area contributed by atoms with Crippen LogP contribution in [0.2, 0.25) is 0 Å². The maximum atomic E-state index is 12.8. The summed E-state index contributed by atoms with van der Waals surface area (Å²) in [5, 5.41) is 0. The zero-order chi connectivity index (χ0) is 15.5. The molecule has 0 spiro atoms. The van der Waals surface area contributed by atoms with E-state index in [1.165, 1.54) is 23.9 Å². The van der Waals surface area contributed by atoms with Crippen molar-refractivity contribution in [2.75, 3.05) is 18.0 Å². The predicted octanol–water partition coefficient (Wildman–Crippen LogP) is 1.87. The first-order valence-electron chi connectivity index (χ1n) is 6.88. The van der Waals surface area contributed by atoms with E-state index in [9.17, 15) is 9.18 Å². The van der Waals surface area contributed by atoms with Gasteiger partial charge in [0.05, 0.1) is 18.0 Å². The highest BCUT2D eigenvalue weighted by molar-refractivity contribution is 8.00. The minimum absolute atomic E-state index is 0.0390. The zero-order valence-electron chi connectivity index (χ0n) is 11.8. The highest BCUT2D eigenvalue weighted by Crippen LogP contribution is 2.21. The standard InChI is InChI=1S/C15H15FN4OS/c16-11-1-3-12(4-2-11)22-9-14(21)20-6-5-10-7-18-15(17)19-13(10)8-20/h1-4,7H,5-6,8-9H2,(H2,17,18,19). The number of amides is 1. The SMILES string of the molecule is Nc1ncc2c(n1)CN(C(=O)CSc1ccc(F)cc1)CC2. The van der Waals surface area contributed by atoms with Gasteiger partial charge in [-0.1, -0.05) is 0 Å². The second-order valence-electron chi connectivity index (χ2n) is 5.01. The van der Waals surface area contributed by atoms with Gasteiger partial charge in [0.15, 0.2) is 0 Å². The Morgan fingerprint density at radius 3 is 2.91 bits per heavy atom. The average molecular weight is 318 g/mol. The molecule has 22 heavy (non-hydrogen) atoms. The van der Waals surface area contributed by atoms with Gasteiger partial charge in [-0.25, -0.2) is 14.4 Å². The molecular formula is C15H15FN4OS. The van der Waals surface area contributed by atoms with E-state index in [2.05, 4.69) is 9.97 Å². The number of carbonyl (C=O) groups is 1. The number of carbonyl (C=O) groups excluding carboxylic acids is 1. The number of hydrogen-bond acceptors (Lipinski definition) is 5. The Morgan fingerprint density at radius 2 is 2.14 bits per heavy atom. The molecule has 1 aliphatic heterocycles. The molecule has 3 rings (SSSR count). The number of hydrogen-bond donors (Lipinski definition) is 1. The van der Waals surface area contributed by atoms with Crippen molar-refractivity contribution < 1.29 is 9.18 Å². The van der Waals surface area contributed by atoms with Crippen molar-refractivity contribution in [2.45, 2.75) is 17.9 Å². The van der Waals surface area contributed by atoms with Crippen molar-refractivity contribution in [3.63, 3.8) is 0 Å². The van der Waals surface area contributed by atoms with E-state index in [-0.39, 0.29) is 17.7 Å². The lowest BCUT2D eigenvalue weighted by Crippen LogP contribution is -2.37. The van der Waals surface area contributed by atoms with E-state index in [0.29, 0.717) is 18.8 Å². The zero-order valence-corrected chi connectivity index (χ0v) is 12.6. The first-order chi connectivity index (χ1) is 10.6. The van der Waals surface area contributed by atoms with Crippen LogP contribution in [-0.2, 0) is 17.8 Å². The number of fused-ring (bicyclic) bond motifs is 1. The molecule has 0 radical (unpaired) electrons. The summed E-state index contributed by atoms with van der Waals surface area (Å²) in [7, 11) is 0. The molecule has 0 unspecified atom stereocenters. The van der Waals surface area contributed by atoms with Crippen molar-refractivity contribution in [1.29, 1.82) is 0 Å². The van der Waals surface area contributed by atoms with Crippen LogP contribution in [0.3, 0.4) is 0 Å². The Bertz CT molecular complexity index is 692. The van der Waals surface area contributed by atoms with Gasteiger partial charge in [0.25, 0.3) is 0 Å². The van der Waals surface area contributed by atoms with Crippen molar-refractivity contribution in [2.24, 2.45) is 0 Å². The maximum Gasteiger partial charge on any atom is 0.233 e. The third kappa shape index (κ3) is 3.36. The summed E-state index contributed by atoms with van der Waals surface area (Å²) < 4.78 is 12.8. The summed E-state index contributed by atoms with van der Waals surface area (Å²) in [5.41, 5.74) is 7.45. The second-order valence-corrected chi connectivity index (χ2v) is 6.06. The first kappa shape index (κ1) is 14.8. The molecule has 1 aromatic heterocycles. The van der Waals surface area contributed by atoms with E-state index in [0.717, 1.165) is 22.6 Å². The Morgan fingerprint density at radius 1 is 1.36 bits per heavy atom. The fourth-order valence-electron chi connectivity index (χ4n) is 2.30. The van der Waals surface area contributed by atoms with Crippen molar-refractivity contribution in [1.82, 2.24) is 14.9 Å². The van der Waals surface area contributed by atoms with Crippen LogP contribution in [0, 0.1) is 5.82 Å². The molecule has 0 fully saturated rings. The number of benzene rings is 1. The van der Waals surface area contributed by atoms with Crippen molar-refractivity contribution in [3.8, 4) is 0 Å². The predicted molar refractivity (Wildman–Crippen MR) is 82.7 cm³/mol. The summed E-state index contributed by atoms with van der Waals surface area (Å²) in [6, 6.07) is 6.13. The molecule has 1 amide bonds. The van der Waals surface area contributed by atoms with Gasteiger partial charge in [0.1, 0.15) is 5.82 Å². The lowest BCUT2D eigenvalue weighted by atomic mass is 10.1. The highest BCUT2D eigenvalue weighted by atomic mass is 32.2. The molecule has 114 valence electrons. The Hall–Kier alpha value is -2.15. The van der Waals surface area contributed by atoms with Gasteiger partial charge in [0.2, 0.25) is 11.9 Å². The number of nitrogens with zero attached hydrogens (tertiary/aromatic N) is 3. The van der Waals surface area contributed by atoms with Crippen LogP contribution in [-0.4, -0.2) is 33.1 Å². The van der Waals surface area contributed by atoms with Crippen LogP contribution in [0.15, 0.2) is 35.4 Å². The van der Waals surface area contributed by atoms with Crippen LogP contribution >= 0.6 is 11.8 Å². The summed E-state index contributed by atoms with van der Waals surface area (Å²) >= 11 is 1.40. The molecule has 0 aliphatic carbocycles. The van der Waals surface area contributed by atoms with Crippen molar-refractivity contribution in [3.05, 3.63) is 47.5 Å². The van der Waals surface area contributed by atoms with Gasteiger partial charge >= 0.3 is 0 Å². The van der Waals surface area contributed by atoms with Gasteiger partial charge in [-0.3, -0.25) is 4.79 Å². The van der Waals surface area contributed by atoms with E-state index in [1.807, 2.05) is 0 Å². The number of thioether (sulfide) groups is 1.